The lowest BCUT2D eigenvalue weighted by molar-refractivity contribution is 0.383. The van der Waals surface area contributed by atoms with Crippen LogP contribution in [0.15, 0.2) is 36.7 Å². The third-order valence-corrected chi connectivity index (χ3v) is 3.53. The van der Waals surface area contributed by atoms with Crippen LogP contribution in [0, 0.1) is 5.82 Å². The second kappa shape index (κ2) is 6.68. The number of nitrogens with one attached hydrogen (secondary N) is 1. The lowest BCUT2D eigenvalue weighted by Crippen LogP contribution is -2.20. The summed E-state index contributed by atoms with van der Waals surface area (Å²) in [5, 5.41) is 3.72. The van der Waals surface area contributed by atoms with Crippen molar-refractivity contribution in [3.8, 4) is 5.75 Å². The fourth-order valence-electron chi connectivity index (χ4n) is 2.13. The molecule has 2 aromatic rings. The van der Waals surface area contributed by atoms with Crippen LogP contribution in [0.2, 0.25) is 5.02 Å². The predicted molar refractivity (Wildman–Crippen MR) is 77.7 cm³/mol. The van der Waals surface area contributed by atoms with Gasteiger partial charge in [-0.05, 0) is 36.7 Å². The Morgan fingerprint density at radius 1 is 1.40 bits per heavy atom. The summed E-state index contributed by atoms with van der Waals surface area (Å²) in [6, 6.07) is 6.87. The zero-order valence-corrected chi connectivity index (χ0v) is 12.1. The summed E-state index contributed by atoms with van der Waals surface area (Å²) < 4.78 is 19.2. The molecule has 0 amide bonds. The number of hydrogen-bond acceptors (Lipinski definition) is 3. The van der Waals surface area contributed by atoms with Gasteiger partial charge in [-0.2, -0.15) is 0 Å². The number of nitrogens with zero attached hydrogens (tertiary/aromatic N) is 1. The van der Waals surface area contributed by atoms with E-state index in [1.165, 1.54) is 7.11 Å². The van der Waals surface area contributed by atoms with E-state index in [-0.39, 0.29) is 17.6 Å². The Labute approximate surface area is 122 Å². The highest BCUT2D eigenvalue weighted by atomic mass is 35.5. The topological polar surface area (TPSA) is 34.1 Å². The lowest BCUT2D eigenvalue weighted by Gasteiger charge is -2.18. The molecule has 3 nitrogen and oxygen atoms in total. The molecule has 0 saturated carbocycles. The summed E-state index contributed by atoms with van der Waals surface area (Å²) in [4.78, 5) is 3.96. The standard InChI is InChI=1S/C15H16ClFN2O/c1-18-13(11-6-7-19-9-12(11)16)8-10-4-3-5-14(20-2)15(10)17/h3-7,9,13,18H,8H2,1-2H3. The van der Waals surface area contributed by atoms with Crippen molar-refractivity contribution in [2.45, 2.75) is 12.5 Å². The number of hydrogen-bond donors (Lipinski definition) is 1. The summed E-state index contributed by atoms with van der Waals surface area (Å²) >= 11 is 6.14. The van der Waals surface area contributed by atoms with Crippen LogP contribution in [-0.4, -0.2) is 19.1 Å². The monoisotopic (exact) mass is 294 g/mol. The highest BCUT2D eigenvalue weighted by Gasteiger charge is 2.17. The summed E-state index contributed by atoms with van der Waals surface area (Å²) in [5.41, 5.74) is 1.47. The first-order valence-corrected chi connectivity index (χ1v) is 6.63. The summed E-state index contributed by atoms with van der Waals surface area (Å²) in [5.74, 6) is -0.0846. The van der Waals surface area contributed by atoms with Crippen LogP contribution in [0.5, 0.6) is 5.75 Å². The smallest absolute Gasteiger partial charge is 0.168 e. The Morgan fingerprint density at radius 3 is 2.85 bits per heavy atom. The Bertz CT molecular complexity index is 592. The average Bonchev–Trinajstić information content (AvgIpc) is 2.47. The molecule has 1 heterocycles. The first-order chi connectivity index (χ1) is 9.67. The van der Waals surface area contributed by atoms with E-state index >= 15 is 0 Å². The van der Waals surface area contributed by atoms with Crippen molar-refractivity contribution in [1.82, 2.24) is 10.3 Å². The second-order valence-corrected chi connectivity index (χ2v) is 4.78. The number of pyridine rings is 1. The van der Waals surface area contributed by atoms with Crippen LogP contribution < -0.4 is 10.1 Å². The van der Waals surface area contributed by atoms with Gasteiger partial charge in [-0.25, -0.2) is 4.39 Å². The molecule has 5 heteroatoms. The van der Waals surface area contributed by atoms with Crippen molar-refractivity contribution in [1.29, 1.82) is 0 Å². The van der Waals surface area contributed by atoms with Crippen LogP contribution in [0.4, 0.5) is 4.39 Å². The van der Waals surface area contributed by atoms with Crippen molar-refractivity contribution < 1.29 is 9.13 Å². The maximum Gasteiger partial charge on any atom is 0.168 e. The average molecular weight is 295 g/mol. The van der Waals surface area contributed by atoms with Crippen LogP contribution in [0.25, 0.3) is 0 Å². The van der Waals surface area contributed by atoms with Crippen molar-refractivity contribution in [3.05, 3.63) is 58.6 Å². The minimum Gasteiger partial charge on any atom is -0.494 e. The molecule has 0 aliphatic rings. The molecule has 20 heavy (non-hydrogen) atoms. The van der Waals surface area contributed by atoms with E-state index < -0.39 is 0 Å². The van der Waals surface area contributed by atoms with E-state index in [0.29, 0.717) is 17.0 Å². The van der Waals surface area contributed by atoms with Gasteiger partial charge in [0.25, 0.3) is 0 Å². The van der Waals surface area contributed by atoms with Crippen molar-refractivity contribution in [2.24, 2.45) is 0 Å². The van der Waals surface area contributed by atoms with E-state index in [9.17, 15) is 4.39 Å². The van der Waals surface area contributed by atoms with Gasteiger partial charge in [0, 0.05) is 18.4 Å². The molecule has 1 unspecified atom stereocenters. The molecule has 1 N–H and O–H groups in total. The van der Waals surface area contributed by atoms with Crippen LogP contribution in [0.1, 0.15) is 17.2 Å². The van der Waals surface area contributed by atoms with Crippen LogP contribution >= 0.6 is 11.6 Å². The molecule has 106 valence electrons. The molecule has 0 spiro atoms. The van der Waals surface area contributed by atoms with E-state index in [0.717, 1.165) is 5.56 Å². The largest absolute Gasteiger partial charge is 0.494 e. The maximum atomic E-state index is 14.2. The van der Waals surface area contributed by atoms with Gasteiger partial charge in [0.05, 0.1) is 12.1 Å². The predicted octanol–water partition coefficient (Wildman–Crippen LogP) is 3.39. The number of rotatable bonds is 5. The maximum absolute atomic E-state index is 14.2. The number of ether oxygens (including phenoxy) is 1. The minimum atomic E-state index is -0.333. The number of halogens is 2. The summed E-state index contributed by atoms with van der Waals surface area (Å²) in [7, 11) is 3.27. The number of likely N-dealkylation sites (N-methyl/N-ethyl adjacent to an activating group) is 1. The van der Waals surface area contributed by atoms with Gasteiger partial charge in [-0.3, -0.25) is 4.98 Å². The van der Waals surface area contributed by atoms with Gasteiger partial charge in [-0.15, -0.1) is 0 Å². The molecule has 0 fully saturated rings. The Morgan fingerprint density at radius 2 is 2.20 bits per heavy atom. The van der Waals surface area contributed by atoms with Crippen molar-refractivity contribution in [3.63, 3.8) is 0 Å². The normalized spacial score (nSPS) is 12.2. The summed E-state index contributed by atoms with van der Waals surface area (Å²) in [6.45, 7) is 0. The number of methoxy groups -OCH3 is 1. The van der Waals surface area contributed by atoms with Gasteiger partial charge in [0.2, 0.25) is 0 Å². The summed E-state index contributed by atoms with van der Waals surface area (Å²) in [6.07, 6.45) is 3.74. The molecule has 0 radical (unpaired) electrons. The molecular weight excluding hydrogens is 279 g/mol. The number of benzene rings is 1. The Hall–Kier alpha value is -1.65. The zero-order chi connectivity index (χ0) is 14.5. The van der Waals surface area contributed by atoms with Crippen molar-refractivity contribution >= 4 is 11.6 Å². The minimum absolute atomic E-state index is 0.0906. The molecule has 1 aromatic heterocycles. The van der Waals surface area contributed by atoms with Crippen LogP contribution in [-0.2, 0) is 6.42 Å². The molecule has 0 saturated heterocycles. The Balaban J connectivity index is 2.30. The molecule has 0 bridgehead atoms. The van der Waals surface area contributed by atoms with E-state index in [1.807, 2.05) is 13.1 Å². The third-order valence-electron chi connectivity index (χ3n) is 3.21. The van der Waals surface area contributed by atoms with Gasteiger partial charge < -0.3 is 10.1 Å². The second-order valence-electron chi connectivity index (χ2n) is 4.38. The molecule has 1 aromatic carbocycles. The first-order valence-electron chi connectivity index (χ1n) is 6.25. The highest BCUT2D eigenvalue weighted by molar-refractivity contribution is 6.31. The molecule has 2 rings (SSSR count). The van der Waals surface area contributed by atoms with Gasteiger partial charge in [0.1, 0.15) is 0 Å². The van der Waals surface area contributed by atoms with Crippen molar-refractivity contribution in [2.75, 3.05) is 14.2 Å². The molecular formula is C15H16ClFN2O. The lowest BCUT2D eigenvalue weighted by atomic mass is 9.99. The molecule has 0 aliphatic heterocycles. The Kier molecular flexibility index (Phi) is 4.93. The van der Waals surface area contributed by atoms with Gasteiger partial charge >= 0.3 is 0 Å². The first kappa shape index (κ1) is 14.8. The number of aromatic nitrogens is 1. The fourth-order valence-corrected chi connectivity index (χ4v) is 2.38. The zero-order valence-electron chi connectivity index (χ0n) is 11.4. The molecule has 0 aliphatic carbocycles. The van der Waals surface area contributed by atoms with Gasteiger partial charge in [-0.1, -0.05) is 23.7 Å². The molecule has 1 atom stereocenters. The van der Waals surface area contributed by atoms with E-state index in [1.54, 1.807) is 30.6 Å². The fraction of sp³-hybridized carbons (Fsp3) is 0.267. The quantitative estimate of drug-likeness (QED) is 0.918. The van der Waals surface area contributed by atoms with Crippen LogP contribution in [0.3, 0.4) is 0 Å². The van der Waals surface area contributed by atoms with E-state index in [2.05, 4.69) is 10.3 Å². The SMILES string of the molecule is CNC(Cc1cccc(OC)c1F)c1ccncc1Cl. The third kappa shape index (κ3) is 3.08. The highest BCUT2D eigenvalue weighted by Crippen LogP contribution is 2.28. The van der Waals surface area contributed by atoms with Gasteiger partial charge in [0.15, 0.2) is 11.6 Å². The van der Waals surface area contributed by atoms with E-state index in [4.69, 9.17) is 16.3 Å².